The molecule has 0 aliphatic rings. The monoisotopic (exact) mass is 117 g/mol. The highest BCUT2D eigenvalue weighted by Gasteiger charge is 2.17. The van der Waals surface area contributed by atoms with E-state index in [0.717, 1.165) is 0 Å². The van der Waals surface area contributed by atoms with Crippen LogP contribution in [0.2, 0.25) is 0 Å². The first kappa shape index (κ1) is 7.63. The predicted molar refractivity (Wildman–Crippen MR) is 33.4 cm³/mol. The van der Waals surface area contributed by atoms with Crippen LogP contribution in [0.15, 0.2) is 12.2 Å². The van der Waals surface area contributed by atoms with Gasteiger partial charge in [-0.2, -0.15) is 0 Å². The van der Waals surface area contributed by atoms with E-state index in [-0.39, 0.29) is 6.54 Å². The van der Waals surface area contributed by atoms with Gasteiger partial charge in [0.15, 0.2) is 0 Å². The van der Waals surface area contributed by atoms with Crippen LogP contribution in [-0.2, 0) is 0 Å². The SMILES string of the molecule is C=C(CN)C(C)(C)F. The molecule has 0 spiro atoms. The van der Waals surface area contributed by atoms with Gasteiger partial charge in [0.2, 0.25) is 0 Å². The molecule has 1 nitrogen and oxygen atoms in total. The quantitative estimate of drug-likeness (QED) is 0.541. The number of nitrogens with two attached hydrogens (primary N) is 1. The van der Waals surface area contributed by atoms with E-state index in [0.29, 0.717) is 5.57 Å². The number of halogens is 1. The summed E-state index contributed by atoms with van der Waals surface area (Å²) in [6, 6.07) is 0. The van der Waals surface area contributed by atoms with Crippen molar-refractivity contribution in [1.82, 2.24) is 0 Å². The lowest BCUT2D eigenvalue weighted by Gasteiger charge is -2.14. The van der Waals surface area contributed by atoms with Crippen molar-refractivity contribution in [3.63, 3.8) is 0 Å². The van der Waals surface area contributed by atoms with Crippen LogP contribution in [-0.4, -0.2) is 12.2 Å². The van der Waals surface area contributed by atoms with Crippen molar-refractivity contribution >= 4 is 0 Å². The summed E-state index contributed by atoms with van der Waals surface area (Å²) in [5.74, 6) is 0. The minimum Gasteiger partial charge on any atom is -0.327 e. The van der Waals surface area contributed by atoms with Crippen LogP contribution >= 0.6 is 0 Å². The van der Waals surface area contributed by atoms with Crippen molar-refractivity contribution in [2.24, 2.45) is 5.73 Å². The molecule has 0 aliphatic carbocycles. The van der Waals surface area contributed by atoms with Gasteiger partial charge in [0.25, 0.3) is 0 Å². The third-order valence-electron chi connectivity index (χ3n) is 1.09. The van der Waals surface area contributed by atoms with Gasteiger partial charge in [-0.05, 0) is 19.4 Å². The molecule has 0 bridgehead atoms. The Hall–Kier alpha value is -0.370. The Morgan fingerprint density at radius 3 is 2.12 bits per heavy atom. The van der Waals surface area contributed by atoms with E-state index in [1.165, 1.54) is 13.8 Å². The van der Waals surface area contributed by atoms with Crippen LogP contribution in [0.25, 0.3) is 0 Å². The maximum atomic E-state index is 12.6. The van der Waals surface area contributed by atoms with Gasteiger partial charge in [-0.15, -0.1) is 0 Å². The molecule has 0 rings (SSSR count). The average Bonchev–Trinajstić information content (AvgIpc) is 1.62. The fourth-order valence-corrected chi connectivity index (χ4v) is 0.243. The molecule has 0 amide bonds. The van der Waals surface area contributed by atoms with Gasteiger partial charge in [-0.3, -0.25) is 0 Å². The first-order valence-corrected chi connectivity index (χ1v) is 2.55. The Kier molecular flexibility index (Phi) is 2.16. The highest BCUT2D eigenvalue weighted by molar-refractivity contribution is 5.09. The predicted octanol–water partition coefficient (Wildman–Crippen LogP) is 1.25. The molecule has 0 aromatic heterocycles. The van der Waals surface area contributed by atoms with Crippen LogP contribution in [0.3, 0.4) is 0 Å². The minimum absolute atomic E-state index is 0.226. The minimum atomic E-state index is -1.31. The van der Waals surface area contributed by atoms with Crippen LogP contribution in [0.1, 0.15) is 13.8 Å². The van der Waals surface area contributed by atoms with Gasteiger partial charge >= 0.3 is 0 Å². The Morgan fingerprint density at radius 1 is 1.75 bits per heavy atom. The number of rotatable bonds is 2. The molecule has 48 valence electrons. The molecule has 0 aliphatic heterocycles. The summed E-state index contributed by atoms with van der Waals surface area (Å²) in [6.45, 7) is 6.56. The third-order valence-corrected chi connectivity index (χ3v) is 1.09. The van der Waals surface area contributed by atoms with E-state index in [1.807, 2.05) is 0 Å². The van der Waals surface area contributed by atoms with Gasteiger partial charge in [0.05, 0.1) is 0 Å². The Labute approximate surface area is 49.4 Å². The third kappa shape index (κ3) is 2.07. The molecule has 0 heterocycles. The van der Waals surface area contributed by atoms with Crippen molar-refractivity contribution in [2.75, 3.05) is 6.54 Å². The van der Waals surface area contributed by atoms with Gasteiger partial charge in [0.1, 0.15) is 5.67 Å². The van der Waals surface area contributed by atoms with Crippen molar-refractivity contribution in [3.8, 4) is 0 Å². The lowest BCUT2D eigenvalue weighted by molar-refractivity contribution is 0.266. The lowest BCUT2D eigenvalue weighted by Crippen LogP contribution is -2.21. The van der Waals surface area contributed by atoms with Crippen LogP contribution < -0.4 is 5.73 Å². The molecular weight excluding hydrogens is 105 g/mol. The maximum absolute atomic E-state index is 12.6. The summed E-state index contributed by atoms with van der Waals surface area (Å²) in [7, 11) is 0. The summed E-state index contributed by atoms with van der Waals surface area (Å²) in [5.41, 5.74) is 4.25. The molecule has 8 heavy (non-hydrogen) atoms. The van der Waals surface area contributed by atoms with E-state index in [4.69, 9.17) is 5.73 Å². The van der Waals surface area contributed by atoms with Gasteiger partial charge in [-0.1, -0.05) is 6.58 Å². The Balaban J connectivity index is 3.82. The molecule has 0 unspecified atom stereocenters. The van der Waals surface area contributed by atoms with Crippen LogP contribution in [0, 0.1) is 0 Å². The molecular formula is C6H12FN. The highest BCUT2D eigenvalue weighted by Crippen LogP contribution is 2.16. The zero-order valence-electron chi connectivity index (χ0n) is 5.37. The molecule has 0 fully saturated rings. The Morgan fingerprint density at radius 2 is 2.12 bits per heavy atom. The molecule has 2 N–H and O–H groups in total. The molecule has 0 saturated heterocycles. The summed E-state index contributed by atoms with van der Waals surface area (Å²) >= 11 is 0. The Bertz CT molecular complexity index is 91.2. The fraction of sp³-hybridized carbons (Fsp3) is 0.667. The van der Waals surface area contributed by atoms with Crippen molar-refractivity contribution < 1.29 is 4.39 Å². The second-order valence-corrected chi connectivity index (χ2v) is 2.28. The second kappa shape index (κ2) is 2.27. The smallest absolute Gasteiger partial charge is 0.127 e. The molecule has 0 saturated carbocycles. The van der Waals surface area contributed by atoms with E-state index >= 15 is 0 Å². The van der Waals surface area contributed by atoms with Crippen molar-refractivity contribution in [3.05, 3.63) is 12.2 Å². The molecule has 0 radical (unpaired) electrons. The van der Waals surface area contributed by atoms with Crippen LogP contribution in [0.5, 0.6) is 0 Å². The van der Waals surface area contributed by atoms with Gasteiger partial charge < -0.3 is 5.73 Å². The maximum Gasteiger partial charge on any atom is 0.127 e. The summed E-state index contributed by atoms with van der Waals surface area (Å²) in [6.07, 6.45) is 0. The first-order chi connectivity index (χ1) is 3.48. The zero-order chi connectivity index (χ0) is 6.78. The summed E-state index contributed by atoms with van der Waals surface area (Å²) in [4.78, 5) is 0. The topological polar surface area (TPSA) is 26.0 Å². The van der Waals surface area contributed by atoms with Crippen molar-refractivity contribution in [2.45, 2.75) is 19.5 Å². The molecule has 2 heteroatoms. The summed E-state index contributed by atoms with van der Waals surface area (Å²) < 4.78 is 12.6. The van der Waals surface area contributed by atoms with E-state index in [1.54, 1.807) is 0 Å². The van der Waals surface area contributed by atoms with E-state index < -0.39 is 5.67 Å². The average molecular weight is 117 g/mol. The molecule has 0 atom stereocenters. The second-order valence-electron chi connectivity index (χ2n) is 2.28. The van der Waals surface area contributed by atoms with Crippen molar-refractivity contribution in [1.29, 1.82) is 0 Å². The normalized spacial score (nSPS) is 11.5. The van der Waals surface area contributed by atoms with E-state index in [9.17, 15) is 4.39 Å². The number of hydrogen-bond acceptors (Lipinski definition) is 1. The van der Waals surface area contributed by atoms with Gasteiger partial charge in [0, 0.05) is 6.54 Å². The van der Waals surface area contributed by atoms with Gasteiger partial charge in [-0.25, -0.2) is 4.39 Å². The molecule has 0 aromatic carbocycles. The number of alkyl halides is 1. The first-order valence-electron chi connectivity index (χ1n) is 2.55. The largest absolute Gasteiger partial charge is 0.327 e. The van der Waals surface area contributed by atoms with E-state index in [2.05, 4.69) is 6.58 Å². The summed E-state index contributed by atoms with van der Waals surface area (Å²) in [5, 5.41) is 0. The zero-order valence-corrected chi connectivity index (χ0v) is 5.37. The molecule has 0 aromatic rings. The number of hydrogen-bond donors (Lipinski definition) is 1. The standard InChI is InChI=1S/C6H12FN/c1-5(4-8)6(2,3)7/h1,4,8H2,2-3H3. The van der Waals surface area contributed by atoms with Crippen LogP contribution in [0.4, 0.5) is 4.39 Å². The fourth-order valence-electron chi connectivity index (χ4n) is 0.243. The highest BCUT2D eigenvalue weighted by atomic mass is 19.1. The lowest BCUT2D eigenvalue weighted by atomic mass is 10.0.